The van der Waals surface area contributed by atoms with E-state index in [4.69, 9.17) is 0 Å². The van der Waals surface area contributed by atoms with Gasteiger partial charge in [0.15, 0.2) is 0 Å². The van der Waals surface area contributed by atoms with Gasteiger partial charge in [0.25, 0.3) is 0 Å². The van der Waals surface area contributed by atoms with Crippen LogP contribution in [0.15, 0.2) is 0 Å². The monoisotopic (exact) mass is 235 g/mol. The summed E-state index contributed by atoms with van der Waals surface area (Å²) in [5.74, 6) is 1.53. The van der Waals surface area contributed by atoms with E-state index in [2.05, 4.69) is 24.2 Å². The van der Waals surface area contributed by atoms with E-state index < -0.39 is 0 Å². The maximum absolute atomic E-state index is 11.4. The summed E-state index contributed by atoms with van der Waals surface area (Å²) in [6.45, 7) is 4.79. The summed E-state index contributed by atoms with van der Waals surface area (Å²) >= 11 is 6.09. The van der Waals surface area contributed by atoms with Crippen molar-refractivity contribution in [3.05, 3.63) is 0 Å². The van der Waals surface area contributed by atoms with Gasteiger partial charge in [0.1, 0.15) is 0 Å². The lowest BCUT2D eigenvalue weighted by atomic mass is 10.1. The van der Waals surface area contributed by atoms with Crippen LogP contribution >= 0.6 is 24.4 Å². The zero-order chi connectivity index (χ0) is 11.0. The number of rotatable bonds is 7. The molecule has 0 bridgehead atoms. The Hall–Kier alpha value is 0.170. The van der Waals surface area contributed by atoms with E-state index in [-0.39, 0.29) is 11.2 Å². The van der Waals surface area contributed by atoms with Gasteiger partial charge in [0.05, 0.1) is 5.25 Å². The predicted octanol–water partition coefficient (Wildman–Crippen LogP) is 2.20. The molecule has 14 heavy (non-hydrogen) atoms. The van der Waals surface area contributed by atoms with Crippen molar-refractivity contribution in [1.82, 2.24) is 5.32 Å². The average Bonchev–Trinajstić information content (AvgIpc) is 2.16. The van der Waals surface area contributed by atoms with Crippen molar-refractivity contribution in [2.24, 2.45) is 5.92 Å². The molecule has 1 atom stereocenters. The molecule has 0 saturated carbocycles. The first-order chi connectivity index (χ1) is 6.59. The fraction of sp³-hybridized carbons (Fsp3) is 0.900. The molecule has 1 unspecified atom stereocenters. The summed E-state index contributed by atoms with van der Waals surface area (Å²) in [4.78, 5) is 11.4. The summed E-state index contributed by atoms with van der Waals surface area (Å²) < 4.78 is 0. The molecular weight excluding hydrogens is 214 g/mol. The molecule has 0 fully saturated rings. The van der Waals surface area contributed by atoms with Gasteiger partial charge in [-0.3, -0.25) is 4.79 Å². The van der Waals surface area contributed by atoms with Gasteiger partial charge in [0.2, 0.25) is 5.91 Å². The van der Waals surface area contributed by atoms with Gasteiger partial charge in [-0.2, -0.15) is 24.4 Å². The van der Waals surface area contributed by atoms with Gasteiger partial charge in [-0.1, -0.05) is 13.8 Å². The van der Waals surface area contributed by atoms with Crippen LogP contribution < -0.4 is 5.32 Å². The van der Waals surface area contributed by atoms with Gasteiger partial charge >= 0.3 is 0 Å². The van der Waals surface area contributed by atoms with Crippen molar-refractivity contribution in [1.29, 1.82) is 0 Å². The molecule has 0 saturated heterocycles. The van der Waals surface area contributed by atoms with Crippen LogP contribution in [-0.4, -0.2) is 29.7 Å². The lowest BCUT2D eigenvalue weighted by Crippen LogP contribution is -2.34. The molecule has 0 aliphatic carbocycles. The van der Waals surface area contributed by atoms with Gasteiger partial charge in [-0.15, -0.1) is 0 Å². The zero-order valence-electron chi connectivity index (χ0n) is 9.25. The molecule has 0 spiro atoms. The van der Waals surface area contributed by atoms with Crippen LogP contribution in [0.1, 0.15) is 26.7 Å². The maximum atomic E-state index is 11.4. The Labute approximate surface area is 97.0 Å². The highest BCUT2D eigenvalue weighted by atomic mass is 32.2. The highest BCUT2D eigenvalue weighted by Crippen LogP contribution is 2.08. The van der Waals surface area contributed by atoms with E-state index in [1.807, 2.05) is 25.6 Å². The fourth-order valence-electron chi connectivity index (χ4n) is 0.990. The Morgan fingerprint density at radius 3 is 2.57 bits per heavy atom. The molecule has 0 aromatic rings. The summed E-state index contributed by atoms with van der Waals surface area (Å²) in [6, 6.07) is 0. The highest BCUT2D eigenvalue weighted by Gasteiger charge is 2.16. The third-order valence-corrected chi connectivity index (χ3v) is 3.50. The van der Waals surface area contributed by atoms with Crippen molar-refractivity contribution >= 4 is 30.3 Å². The number of carbonyl (C=O) groups excluding carboxylic acids is 1. The Bertz CT molecular complexity index is 162. The Balaban J connectivity index is 3.44. The van der Waals surface area contributed by atoms with Crippen LogP contribution in [-0.2, 0) is 4.79 Å². The summed E-state index contributed by atoms with van der Waals surface area (Å²) in [6.07, 6.45) is 4.33. The molecular formula is C10H21NOS2. The minimum absolute atomic E-state index is 0.0625. The van der Waals surface area contributed by atoms with Crippen molar-refractivity contribution in [2.75, 3.05) is 18.6 Å². The second-order valence-electron chi connectivity index (χ2n) is 3.68. The Kier molecular flexibility index (Phi) is 8.58. The summed E-state index contributed by atoms with van der Waals surface area (Å²) in [5.41, 5.74) is 0. The number of hydrogen-bond donors (Lipinski definition) is 2. The number of unbranched alkanes of at least 4 members (excludes halogenated alkanes) is 1. The van der Waals surface area contributed by atoms with Crippen LogP contribution in [0.2, 0.25) is 0 Å². The van der Waals surface area contributed by atoms with Crippen LogP contribution in [0.4, 0.5) is 0 Å². The molecule has 1 N–H and O–H groups in total. The van der Waals surface area contributed by atoms with Gasteiger partial charge in [-0.05, 0) is 30.8 Å². The van der Waals surface area contributed by atoms with Gasteiger partial charge in [0, 0.05) is 6.54 Å². The predicted molar refractivity (Wildman–Crippen MR) is 68.2 cm³/mol. The molecule has 0 aliphatic rings. The third kappa shape index (κ3) is 6.60. The van der Waals surface area contributed by atoms with E-state index in [1.165, 1.54) is 12.2 Å². The number of amides is 1. The number of nitrogens with one attached hydrogen (secondary N) is 1. The number of thiol groups is 1. The largest absolute Gasteiger partial charge is 0.355 e. The highest BCUT2D eigenvalue weighted by molar-refractivity contribution is 7.98. The first kappa shape index (κ1) is 14.2. The lowest BCUT2D eigenvalue weighted by molar-refractivity contribution is -0.121. The standard InChI is InChI=1S/C10H21NOS2/c1-8(2)9(13)10(12)11-6-4-5-7-14-3/h8-9,13H,4-7H2,1-3H3,(H,11,12). The second-order valence-corrected chi connectivity index (χ2v) is 5.22. The van der Waals surface area contributed by atoms with E-state index in [0.717, 1.165) is 13.0 Å². The smallest absolute Gasteiger partial charge is 0.233 e. The first-order valence-corrected chi connectivity index (χ1v) is 6.95. The van der Waals surface area contributed by atoms with Crippen molar-refractivity contribution in [3.63, 3.8) is 0 Å². The fourth-order valence-corrected chi connectivity index (χ4v) is 1.57. The molecule has 84 valence electrons. The zero-order valence-corrected chi connectivity index (χ0v) is 11.0. The number of carbonyl (C=O) groups is 1. The molecule has 0 radical (unpaired) electrons. The molecule has 0 aliphatic heterocycles. The SMILES string of the molecule is CSCCCCNC(=O)C(S)C(C)C. The van der Waals surface area contributed by atoms with Crippen LogP contribution in [0.3, 0.4) is 0 Å². The molecule has 1 amide bonds. The summed E-state index contributed by atoms with van der Waals surface area (Å²) in [7, 11) is 0. The topological polar surface area (TPSA) is 29.1 Å². The third-order valence-electron chi connectivity index (χ3n) is 1.97. The lowest BCUT2D eigenvalue weighted by Gasteiger charge is -2.14. The minimum Gasteiger partial charge on any atom is -0.355 e. The molecule has 0 aromatic carbocycles. The molecule has 0 heterocycles. The van der Waals surface area contributed by atoms with Gasteiger partial charge < -0.3 is 5.32 Å². The van der Waals surface area contributed by atoms with Gasteiger partial charge in [-0.25, -0.2) is 0 Å². The molecule has 0 rings (SSSR count). The number of hydrogen-bond acceptors (Lipinski definition) is 3. The van der Waals surface area contributed by atoms with E-state index in [9.17, 15) is 4.79 Å². The Morgan fingerprint density at radius 2 is 2.07 bits per heavy atom. The molecule has 4 heteroatoms. The first-order valence-electron chi connectivity index (χ1n) is 5.04. The maximum Gasteiger partial charge on any atom is 0.233 e. The van der Waals surface area contributed by atoms with E-state index in [0.29, 0.717) is 5.92 Å². The second kappa shape index (κ2) is 8.48. The normalized spacial score (nSPS) is 12.9. The Morgan fingerprint density at radius 1 is 1.43 bits per heavy atom. The van der Waals surface area contributed by atoms with Crippen LogP contribution in [0.25, 0.3) is 0 Å². The number of thioether (sulfide) groups is 1. The minimum atomic E-state index is -0.171. The van der Waals surface area contributed by atoms with E-state index >= 15 is 0 Å². The van der Waals surface area contributed by atoms with Crippen molar-refractivity contribution < 1.29 is 4.79 Å². The van der Waals surface area contributed by atoms with E-state index in [1.54, 1.807) is 0 Å². The van der Waals surface area contributed by atoms with Crippen LogP contribution in [0, 0.1) is 5.92 Å². The average molecular weight is 235 g/mol. The molecule has 0 aromatic heterocycles. The molecule has 2 nitrogen and oxygen atoms in total. The quantitative estimate of drug-likeness (QED) is 0.523. The summed E-state index contributed by atoms with van der Waals surface area (Å²) in [5, 5.41) is 2.73. The van der Waals surface area contributed by atoms with Crippen LogP contribution in [0.5, 0.6) is 0 Å². The van der Waals surface area contributed by atoms with Crippen molar-refractivity contribution in [3.8, 4) is 0 Å². The van der Waals surface area contributed by atoms with Crippen molar-refractivity contribution in [2.45, 2.75) is 31.9 Å².